The first kappa shape index (κ1) is 44.8. The fourth-order valence-electron chi connectivity index (χ4n) is 4.96. The van der Waals surface area contributed by atoms with Crippen LogP contribution < -0.4 is 0 Å². The Morgan fingerprint density at radius 1 is 0.346 bits per heavy atom. The van der Waals surface area contributed by atoms with Crippen LogP contribution in [0, 0.1) is 23.7 Å². The number of hydrogen-bond donors (Lipinski definition) is 0. The van der Waals surface area contributed by atoms with Gasteiger partial charge in [0.1, 0.15) is 0 Å². The van der Waals surface area contributed by atoms with Crippen LogP contribution >= 0.6 is 90.4 Å². The van der Waals surface area contributed by atoms with Gasteiger partial charge in [0, 0.05) is 18.3 Å². The zero-order chi connectivity index (χ0) is 39.1. The SMILES string of the molecule is CC(C)(C)c1ccc(C#C/C(I)=C(\I)c2ccc(C(C)(C)C)cc2)cc1.CC(C)(C)c1ccc(C#C/C(I)=C(\I)c2ccc(C(C)(C)C)cc2)cc1. The van der Waals surface area contributed by atoms with E-state index in [0.717, 1.165) is 18.3 Å². The van der Waals surface area contributed by atoms with E-state index >= 15 is 0 Å². The van der Waals surface area contributed by atoms with Crippen molar-refractivity contribution in [1.29, 1.82) is 0 Å². The van der Waals surface area contributed by atoms with Crippen molar-refractivity contribution in [3.8, 4) is 23.7 Å². The summed E-state index contributed by atoms with van der Waals surface area (Å²) in [6, 6.07) is 34.8. The molecule has 52 heavy (non-hydrogen) atoms. The zero-order valence-electron chi connectivity index (χ0n) is 32.7. The van der Waals surface area contributed by atoms with Crippen LogP contribution in [0.15, 0.2) is 104 Å². The third kappa shape index (κ3) is 13.9. The van der Waals surface area contributed by atoms with Crippen molar-refractivity contribution in [3.05, 3.63) is 149 Å². The Morgan fingerprint density at radius 2 is 0.558 bits per heavy atom. The van der Waals surface area contributed by atoms with Gasteiger partial charge in [0.25, 0.3) is 0 Å². The van der Waals surface area contributed by atoms with Gasteiger partial charge < -0.3 is 0 Å². The minimum atomic E-state index is 0.175. The van der Waals surface area contributed by atoms with Gasteiger partial charge in [0.2, 0.25) is 0 Å². The van der Waals surface area contributed by atoms with Gasteiger partial charge in [-0.1, -0.05) is 180 Å². The van der Waals surface area contributed by atoms with Gasteiger partial charge in [0.05, 0.1) is 7.16 Å². The molecule has 0 atom stereocenters. The number of rotatable bonds is 2. The summed E-state index contributed by atoms with van der Waals surface area (Å²) < 4.78 is 4.54. The maximum absolute atomic E-state index is 3.31. The highest BCUT2D eigenvalue weighted by molar-refractivity contribution is 14.1. The zero-order valence-corrected chi connectivity index (χ0v) is 41.4. The highest BCUT2D eigenvalue weighted by atomic mass is 127. The fourth-order valence-corrected chi connectivity index (χ4v) is 6.84. The molecule has 0 aliphatic rings. The summed E-state index contributed by atoms with van der Waals surface area (Å²) in [6.07, 6.45) is 0. The topological polar surface area (TPSA) is 0 Å². The van der Waals surface area contributed by atoms with Gasteiger partial charge in [-0.05, 0) is 170 Å². The van der Waals surface area contributed by atoms with E-state index in [-0.39, 0.29) is 21.7 Å². The summed E-state index contributed by atoms with van der Waals surface area (Å²) in [5.41, 5.74) is 10.6. The first-order valence-corrected chi connectivity index (χ1v) is 21.9. The van der Waals surface area contributed by atoms with Crippen LogP contribution in [0.2, 0.25) is 0 Å². The molecule has 0 aromatic heterocycles. The summed E-state index contributed by atoms with van der Waals surface area (Å²) in [4.78, 5) is 0. The Labute approximate surface area is 370 Å². The second-order valence-electron chi connectivity index (χ2n) is 17.1. The monoisotopic (exact) mass is 1140 g/mol. The van der Waals surface area contributed by atoms with E-state index in [2.05, 4.69) is 294 Å². The van der Waals surface area contributed by atoms with Crippen LogP contribution in [-0.2, 0) is 21.7 Å². The standard InChI is InChI=1S/2C24H26I2/c2*1-23(2,3)19-12-7-17(8-13-19)9-16-21(25)22(26)18-10-14-20(15-11-18)24(4,5)6/h2*7-8,10-15H,1-6H3/b2*22-21+. The van der Waals surface area contributed by atoms with Gasteiger partial charge in [-0.25, -0.2) is 0 Å². The maximum atomic E-state index is 3.31. The van der Waals surface area contributed by atoms with E-state index in [9.17, 15) is 0 Å². The lowest BCUT2D eigenvalue weighted by molar-refractivity contribution is 0.590. The predicted molar refractivity (Wildman–Crippen MR) is 264 cm³/mol. The highest BCUT2D eigenvalue weighted by Crippen LogP contribution is 2.33. The van der Waals surface area contributed by atoms with Crippen molar-refractivity contribution in [1.82, 2.24) is 0 Å². The second-order valence-corrected chi connectivity index (χ2v) is 21.4. The minimum Gasteiger partial charge on any atom is -0.0611 e. The van der Waals surface area contributed by atoms with Crippen LogP contribution in [0.25, 0.3) is 7.16 Å². The predicted octanol–water partition coefficient (Wildman–Crippen LogP) is 15.7. The van der Waals surface area contributed by atoms with Crippen LogP contribution in [0.1, 0.15) is 128 Å². The van der Waals surface area contributed by atoms with Crippen LogP contribution in [0.3, 0.4) is 0 Å². The lowest BCUT2D eigenvalue weighted by atomic mass is 9.86. The molecule has 272 valence electrons. The van der Waals surface area contributed by atoms with Crippen molar-refractivity contribution in [2.24, 2.45) is 0 Å². The molecule has 4 aromatic rings. The molecule has 0 fully saturated rings. The van der Waals surface area contributed by atoms with E-state index in [4.69, 9.17) is 0 Å². The Morgan fingerprint density at radius 3 is 0.769 bits per heavy atom. The van der Waals surface area contributed by atoms with Crippen LogP contribution in [0.4, 0.5) is 0 Å². The highest BCUT2D eigenvalue weighted by Gasteiger charge is 2.16. The third-order valence-electron chi connectivity index (χ3n) is 8.53. The van der Waals surface area contributed by atoms with Gasteiger partial charge >= 0.3 is 0 Å². The molecular formula is C48H52I4. The summed E-state index contributed by atoms with van der Waals surface area (Å²) in [5, 5.41) is 0. The van der Waals surface area contributed by atoms with E-state index < -0.39 is 0 Å². The molecule has 0 spiro atoms. The van der Waals surface area contributed by atoms with Gasteiger partial charge in [-0.15, -0.1) is 0 Å². The van der Waals surface area contributed by atoms with E-state index in [1.165, 1.54) is 40.5 Å². The molecule has 0 aliphatic carbocycles. The molecule has 0 bridgehead atoms. The number of allylic oxidation sites excluding steroid dienone is 2. The Balaban J connectivity index is 0.000000280. The summed E-state index contributed by atoms with van der Waals surface area (Å²) in [7, 11) is 0. The average Bonchev–Trinajstić information content (AvgIpc) is 3.08. The van der Waals surface area contributed by atoms with Crippen molar-refractivity contribution in [2.45, 2.75) is 105 Å². The second kappa shape index (κ2) is 18.8. The fraction of sp³-hybridized carbons (Fsp3) is 0.333. The van der Waals surface area contributed by atoms with Gasteiger partial charge in [-0.3, -0.25) is 0 Å². The first-order chi connectivity index (χ1) is 24.0. The molecule has 0 unspecified atom stereocenters. The Kier molecular flexibility index (Phi) is 16.2. The first-order valence-electron chi connectivity index (χ1n) is 17.5. The van der Waals surface area contributed by atoms with E-state index in [0.29, 0.717) is 0 Å². The lowest BCUT2D eigenvalue weighted by Gasteiger charge is -2.19. The van der Waals surface area contributed by atoms with Gasteiger partial charge in [0.15, 0.2) is 0 Å². The molecule has 0 nitrogen and oxygen atoms in total. The Hall–Kier alpha value is -1.60. The molecule has 0 heterocycles. The van der Waals surface area contributed by atoms with E-state index in [1.807, 2.05) is 0 Å². The number of hydrogen-bond acceptors (Lipinski definition) is 0. The number of halogens is 4. The molecule has 4 rings (SSSR count). The molecule has 4 aromatic carbocycles. The molecule has 0 aliphatic heterocycles. The van der Waals surface area contributed by atoms with E-state index in [1.54, 1.807) is 0 Å². The maximum Gasteiger partial charge on any atom is 0.0772 e. The molecule has 0 saturated heterocycles. The minimum absolute atomic E-state index is 0.175. The van der Waals surface area contributed by atoms with Crippen LogP contribution in [0.5, 0.6) is 0 Å². The smallest absolute Gasteiger partial charge is 0.0611 e. The molecule has 0 radical (unpaired) electrons. The largest absolute Gasteiger partial charge is 0.0772 e. The lowest BCUT2D eigenvalue weighted by Crippen LogP contribution is -2.10. The summed E-state index contributed by atoms with van der Waals surface area (Å²) >= 11 is 9.47. The molecular weight excluding hydrogens is 1080 g/mol. The van der Waals surface area contributed by atoms with Crippen molar-refractivity contribution in [2.75, 3.05) is 0 Å². The summed E-state index contributed by atoms with van der Waals surface area (Å²) in [5.74, 6) is 13.2. The molecule has 0 saturated carbocycles. The van der Waals surface area contributed by atoms with Crippen molar-refractivity contribution < 1.29 is 0 Å². The molecule has 0 amide bonds. The summed E-state index contributed by atoms with van der Waals surface area (Å²) in [6.45, 7) is 26.8. The third-order valence-corrected chi connectivity index (χ3v) is 14.5. The van der Waals surface area contributed by atoms with Crippen LogP contribution in [-0.4, -0.2) is 0 Å². The quantitative estimate of drug-likeness (QED) is 0.139. The molecule has 4 heteroatoms. The normalized spacial score (nSPS) is 12.9. The number of benzene rings is 4. The van der Waals surface area contributed by atoms with Crippen molar-refractivity contribution in [3.63, 3.8) is 0 Å². The Bertz CT molecular complexity index is 1840. The van der Waals surface area contributed by atoms with Gasteiger partial charge in [-0.2, -0.15) is 0 Å². The molecule has 0 N–H and O–H groups in total. The average molecular weight is 1140 g/mol. The van der Waals surface area contributed by atoms with Crippen molar-refractivity contribution >= 4 is 97.5 Å².